The Morgan fingerprint density at radius 1 is 1.53 bits per heavy atom. The molecule has 1 aromatic carbocycles. The largest absolute Gasteiger partial charge is 0.390 e. The highest BCUT2D eigenvalue weighted by Gasteiger charge is 2.07. The van der Waals surface area contributed by atoms with Crippen molar-refractivity contribution in [2.24, 2.45) is 0 Å². The van der Waals surface area contributed by atoms with Gasteiger partial charge in [-0.1, -0.05) is 0 Å². The lowest BCUT2D eigenvalue weighted by Gasteiger charge is -2.17. The summed E-state index contributed by atoms with van der Waals surface area (Å²) >= 11 is 0. The van der Waals surface area contributed by atoms with Crippen LogP contribution in [-0.2, 0) is 0 Å². The van der Waals surface area contributed by atoms with E-state index in [4.69, 9.17) is 5.26 Å². The van der Waals surface area contributed by atoms with Crippen LogP contribution in [-0.4, -0.2) is 43.3 Å². The predicted molar refractivity (Wildman–Crippen MR) is 64.2 cm³/mol. The van der Waals surface area contributed by atoms with E-state index >= 15 is 0 Å². The van der Waals surface area contributed by atoms with E-state index in [-0.39, 0.29) is 5.56 Å². The Bertz CT molecular complexity index is 415. The molecule has 0 aliphatic carbocycles. The van der Waals surface area contributed by atoms with Crippen molar-refractivity contribution in [3.05, 3.63) is 29.6 Å². The summed E-state index contributed by atoms with van der Waals surface area (Å²) < 4.78 is 12.9. The van der Waals surface area contributed by atoms with E-state index < -0.39 is 11.9 Å². The van der Waals surface area contributed by atoms with Gasteiger partial charge in [-0.25, -0.2) is 4.39 Å². The smallest absolute Gasteiger partial charge is 0.124 e. The van der Waals surface area contributed by atoms with E-state index in [0.29, 0.717) is 18.8 Å². The number of nitrogens with one attached hydrogen (secondary N) is 1. The summed E-state index contributed by atoms with van der Waals surface area (Å²) in [6, 6.07) is 5.85. The normalized spacial score (nSPS) is 12.2. The number of rotatable bonds is 5. The number of nitrogens with zero attached hydrogens (tertiary/aromatic N) is 2. The molecule has 0 aromatic heterocycles. The highest BCUT2D eigenvalue weighted by atomic mass is 19.1. The summed E-state index contributed by atoms with van der Waals surface area (Å²) in [6.45, 7) is 0.842. The molecule has 0 saturated heterocycles. The van der Waals surface area contributed by atoms with E-state index in [0.717, 1.165) is 0 Å². The molecular formula is C12H16FN3O. The second kappa shape index (κ2) is 6.18. The molecule has 0 amide bonds. The van der Waals surface area contributed by atoms with Crippen molar-refractivity contribution in [1.82, 2.24) is 4.90 Å². The van der Waals surface area contributed by atoms with Crippen LogP contribution in [0.25, 0.3) is 0 Å². The molecular weight excluding hydrogens is 221 g/mol. The van der Waals surface area contributed by atoms with Crippen molar-refractivity contribution < 1.29 is 9.50 Å². The predicted octanol–water partition coefficient (Wildman–Crippen LogP) is 1.03. The molecule has 0 fully saturated rings. The first-order valence-corrected chi connectivity index (χ1v) is 5.29. The maximum Gasteiger partial charge on any atom is 0.124 e. The molecule has 1 unspecified atom stereocenters. The Balaban J connectivity index is 2.61. The number of likely N-dealkylation sites (N-methyl/N-ethyl adjacent to an activating group) is 1. The van der Waals surface area contributed by atoms with E-state index in [9.17, 15) is 9.50 Å². The van der Waals surface area contributed by atoms with Gasteiger partial charge in [0.1, 0.15) is 11.9 Å². The van der Waals surface area contributed by atoms with Crippen LogP contribution in [0.2, 0.25) is 0 Å². The van der Waals surface area contributed by atoms with Crippen molar-refractivity contribution in [1.29, 1.82) is 5.26 Å². The fraction of sp³-hybridized carbons (Fsp3) is 0.417. The molecule has 0 saturated carbocycles. The Morgan fingerprint density at radius 2 is 2.24 bits per heavy atom. The Kier molecular flexibility index (Phi) is 4.88. The third-order valence-corrected chi connectivity index (χ3v) is 2.21. The fourth-order valence-corrected chi connectivity index (χ4v) is 1.48. The van der Waals surface area contributed by atoms with Crippen LogP contribution in [0.4, 0.5) is 10.1 Å². The zero-order valence-electron chi connectivity index (χ0n) is 9.94. The maximum absolute atomic E-state index is 12.9. The van der Waals surface area contributed by atoms with Crippen molar-refractivity contribution >= 4 is 5.69 Å². The molecule has 0 bridgehead atoms. The standard InChI is InChI=1S/C12H16FN3O/c1-16(2)8-11(17)7-15-12-4-3-10(13)5-9(12)6-14/h3-5,11,15,17H,7-8H2,1-2H3. The lowest BCUT2D eigenvalue weighted by atomic mass is 10.2. The lowest BCUT2D eigenvalue weighted by molar-refractivity contribution is 0.148. The molecule has 0 radical (unpaired) electrons. The quantitative estimate of drug-likeness (QED) is 0.803. The summed E-state index contributed by atoms with van der Waals surface area (Å²) in [4.78, 5) is 1.86. The molecule has 1 aromatic rings. The van der Waals surface area contributed by atoms with Gasteiger partial charge in [0.15, 0.2) is 0 Å². The number of benzene rings is 1. The third-order valence-electron chi connectivity index (χ3n) is 2.21. The minimum absolute atomic E-state index is 0.238. The molecule has 5 heteroatoms. The molecule has 92 valence electrons. The number of nitriles is 1. The van der Waals surface area contributed by atoms with Gasteiger partial charge in [-0.15, -0.1) is 0 Å². The number of aliphatic hydroxyl groups is 1. The summed E-state index contributed by atoms with van der Waals surface area (Å²) in [6.07, 6.45) is -0.540. The van der Waals surface area contributed by atoms with Gasteiger partial charge in [0.2, 0.25) is 0 Å². The van der Waals surface area contributed by atoms with Crippen LogP contribution in [0.15, 0.2) is 18.2 Å². The van der Waals surface area contributed by atoms with Crippen LogP contribution in [0.1, 0.15) is 5.56 Å². The number of anilines is 1. The second-order valence-corrected chi connectivity index (χ2v) is 4.10. The van der Waals surface area contributed by atoms with E-state index in [1.54, 1.807) is 0 Å². The molecule has 2 N–H and O–H groups in total. The fourth-order valence-electron chi connectivity index (χ4n) is 1.48. The van der Waals surface area contributed by atoms with Gasteiger partial charge in [0.25, 0.3) is 0 Å². The van der Waals surface area contributed by atoms with Crippen LogP contribution in [0, 0.1) is 17.1 Å². The number of hydrogen-bond acceptors (Lipinski definition) is 4. The first-order valence-electron chi connectivity index (χ1n) is 5.29. The van der Waals surface area contributed by atoms with Crippen molar-refractivity contribution in [3.8, 4) is 6.07 Å². The average molecular weight is 237 g/mol. The maximum atomic E-state index is 12.9. The molecule has 0 aliphatic heterocycles. The van der Waals surface area contributed by atoms with Crippen LogP contribution in [0.5, 0.6) is 0 Å². The Labute approximate surface area is 100 Å². The number of hydrogen-bond donors (Lipinski definition) is 2. The van der Waals surface area contributed by atoms with Gasteiger partial charge in [-0.3, -0.25) is 0 Å². The van der Waals surface area contributed by atoms with Crippen LogP contribution in [0.3, 0.4) is 0 Å². The lowest BCUT2D eigenvalue weighted by Crippen LogP contribution is -2.31. The second-order valence-electron chi connectivity index (χ2n) is 4.10. The summed E-state index contributed by atoms with van der Waals surface area (Å²) in [5, 5.41) is 21.4. The van der Waals surface area contributed by atoms with Gasteiger partial charge in [0.05, 0.1) is 17.4 Å². The summed E-state index contributed by atoms with van der Waals surface area (Å²) in [5.74, 6) is -0.444. The number of halogens is 1. The zero-order chi connectivity index (χ0) is 12.8. The van der Waals surface area contributed by atoms with Crippen LogP contribution >= 0.6 is 0 Å². The van der Waals surface area contributed by atoms with E-state index in [2.05, 4.69) is 5.32 Å². The van der Waals surface area contributed by atoms with Gasteiger partial charge in [-0.2, -0.15) is 5.26 Å². The van der Waals surface area contributed by atoms with Gasteiger partial charge < -0.3 is 15.3 Å². The molecule has 0 spiro atoms. The average Bonchev–Trinajstić information content (AvgIpc) is 2.26. The monoisotopic (exact) mass is 237 g/mol. The van der Waals surface area contributed by atoms with Gasteiger partial charge in [0, 0.05) is 13.1 Å². The minimum atomic E-state index is -0.540. The highest BCUT2D eigenvalue weighted by molar-refractivity contribution is 5.57. The van der Waals surface area contributed by atoms with Gasteiger partial charge >= 0.3 is 0 Å². The number of aliphatic hydroxyl groups excluding tert-OH is 1. The Hall–Kier alpha value is -1.64. The molecule has 0 heterocycles. The topological polar surface area (TPSA) is 59.3 Å². The van der Waals surface area contributed by atoms with Crippen LogP contribution < -0.4 is 5.32 Å². The van der Waals surface area contributed by atoms with E-state index in [1.807, 2.05) is 25.1 Å². The van der Waals surface area contributed by atoms with Crippen molar-refractivity contribution in [2.45, 2.75) is 6.10 Å². The summed E-state index contributed by atoms with van der Waals surface area (Å²) in [5.41, 5.74) is 0.772. The van der Waals surface area contributed by atoms with E-state index in [1.165, 1.54) is 18.2 Å². The van der Waals surface area contributed by atoms with Crippen molar-refractivity contribution in [3.63, 3.8) is 0 Å². The molecule has 0 aliphatic rings. The first kappa shape index (κ1) is 13.4. The Morgan fingerprint density at radius 3 is 2.82 bits per heavy atom. The highest BCUT2D eigenvalue weighted by Crippen LogP contribution is 2.15. The zero-order valence-corrected chi connectivity index (χ0v) is 9.94. The molecule has 4 nitrogen and oxygen atoms in total. The SMILES string of the molecule is CN(C)CC(O)CNc1ccc(F)cc1C#N. The molecule has 1 rings (SSSR count). The third kappa shape index (κ3) is 4.39. The van der Waals surface area contributed by atoms with Gasteiger partial charge in [-0.05, 0) is 32.3 Å². The van der Waals surface area contributed by atoms with Crippen molar-refractivity contribution in [2.75, 3.05) is 32.5 Å². The minimum Gasteiger partial charge on any atom is -0.390 e. The molecule has 17 heavy (non-hydrogen) atoms. The molecule has 1 atom stereocenters. The summed E-state index contributed by atoms with van der Waals surface area (Å²) in [7, 11) is 3.73. The first-order chi connectivity index (χ1) is 8.02.